The predicted octanol–water partition coefficient (Wildman–Crippen LogP) is 4.63. The molecule has 0 saturated heterocycles. The molecule has 28 heavy (non-hydrogen) atoms. The molecule has 4 nitrogen and oxygen atoms in total. The Labute approximate surface area is 155 Å². The van der Waals surface area contributed by atoms with E-state index in [9.17, 15) is 26.3 Å². The lowest BCUT2D eigenvalue weighted by Crippen LogP contribution is -2.30. The zero-order valence-corrected chi connectivity index (χ0v) is 14.8. The Balaban J connectivity index is 2.03. The van der Waals surface area contributed by atoms with E-state index in [-0.39, 0.29) is 17.2 Å². The first kappa shape index (κ1) is 19.7. The van der Waals surface area contributed by atoms with E-state index in [1.54, 1.807) is 0 Å². The summed E-state index contributed by atoms with van der Waals surface area (Å²) in [5.74, 6) is -9.15. The second-order valence-corrected chi connectivity index (χ2v) is 6.44. The van der Waals surface area contributed by atoms with Crippen LogP contribution in [0.4, 0.5) is 26.3 Å². The van der Waals surface area contributed by atoms with Crippen molar-refractivity contribution in [2.75, 3.05) is 0 Å². The van der Waals surface area contributed by atoms with Crippen molar-refractivity contribution in [3.8, 4) is 17.1 Å². The number of benzene rings is 2. The fraction of sp³-hybridized carbons (Fsp3) is 0.222. The summed E-state index contributed by atoms with van der Waals surface area (Å²) in [6, 6.07) is 2.61. The molecule has 10 heteroatoms. The van der Waals surface area contributed by atoms with Crippen LogP contribution < -0.4 is 4.74 Å². The fourth-order valence-corrected chi connectivity index (χ4v) is 2.71. The Bertz CT molecular complexity index is 1040. The van der Waals surface area contributed by atoms with Gasteiger partial charge >= 0.3 is 0 Å². The van der Waals surface area contributed by atoms with E-state index in [4.69, 9.17) is 4.74 Å². The molecule has 2 aromatic carbocycles. The molecule has 0 bridgehead atoms. The van der Waals surface area contributed by atoms with Gasteiger partial charge in [0.2, 0.25) is 0 Å². The minimum absolute atomic E-state index is 0.00485. The number of aromatic nitrogens is 3. The molecule has 0 N–H and O–H groups in total. The lowest BCUT2D eigenvalue weighted by molar-refractivity contribution is 0.0833. The highest BCUT2D eigenvalue weighted by Gasteiger charge is 2.33. The van der Waals surface area contributed by atoms with E-state index in [2.05, 4.69) is 10.2 Å². The minimum atomic E-state index is -1.67. The van der Waals surface area contributed by atoms with Crippen LogP contribution in [0.2, 0.25) is 0 Å². The number of hydrogen-bond acceptors (Lipinski definition) is 3. The van der Waals surface area contributed by atoms with Crippen LogP contribution in [-0.2, 0) is 12.6 Å². The van der Waals surface area contributed by atoms with Gasteiger partial charge in [-0.1, -0.05) is 0 Å². The Kier molecular flexibility index (Phi) is 4.82. The minimum Gasteiger partial charge on any atom is -0.474 e. The maximum atomic E-state index is 14.1. The molecule has 3 aromatic rings. The number of hydrogen-bond donors (Lipinski definition) is 0. The summed E-state index contributed by atoms with van der Waals surface area (Å²) in [5.41, 5.74) is -1.87. The number of ether oxygens (including phenoxy) is 1. The third kappa shape index (κ3) is 3.30. The van der Waals surface area contributed by atoms with Gasteiger partial charge in [-0.25, -0.2) is 26.3 Å². The molecule has 0 spiro atoms. The van der Waals surface area contributed by atoms with Crippen molar-refractivity contribution in [3.05, 3.63) is 65.0 Å². The van der Waals surface area contributed by atoms with Gasteiger partial charge in [0, 0.05) is 19.2 Å². The highest BCUT2D eigenvalue weighted by molar-refractivity contribution is 5.56. The lowest BCUT2D eigenvalue weighted by Gasteiger charge is -2.26. The molecule has 0 amide bonds. The van der Waals surface area contributed by atoms with Crippen LogP contribution >= 0.6 is 0 Å². The number of rotatable bonds is 4. The summed E-state index contributed by atoms with van der Waals surface area (Å²) < 4.78 is 88.1. The van der Waals surface area contributed by atoms with Gasteiger partial charge < -0.3 is 9.30 Å². The van der Waals surface area contributed by atoms with Crippen molar-refractivity contribution in [2.24, 2.45) is 7.05 Å². The van der Waals surface area contributed by atoms with E-state index in [0.29, 0.717) is 12.1 Å². The third-order valence-corrected chi connectivity index (χ3v) is 4.01. The van der Waals surface area contributed by atoms with Crippen LogP contribution in [0, 0.1) is 34.9 Å². The first-order chi connectivity index (χ1) is 13.0. The standard InChI is InChI=1S/C18H13F6N3O/c1-18(2,28-15-11(21)6-8(19)7-12(15)22)17-26-25-16(27(17)3)9-4-5-10(20)14(24)13(9)23/h4-7H,1-3H3. The maximum Gasteiger partial charge on any atom is 0.195 e. The van der Waals surface area contributed by atoms with Gasteiger partial charge in [-0.3, -0.25) is 0 Å². The van der Waals surface area contributed by atoms with E-state index in [1.807, 2.05) is 0 Å². The first-order valence-electron chi connectivity index (χ1n) is 7.90. The molecule has 0 aliphatic heterocycles. The van der Waals surface area contributed by atoms with Crippen LogP contribution in [0.15, 0.2) is 24.3 Å². The zero-order valence-electron chi connectivity index (χ0n) is 14.8. The van der Waals surface area contributed by atoms with Gasteiger partial charge in [0.25, 0.3) is 0 Å². The smallest absolute Gasteiger partial charge is 0.195 e. The molecule has 0 aliphatic rings. The Hall–Kier alpha value is -3.04. The molecule has 0 aliphatic carbocycles. The van der Waals surface area contributed by atoms with Gasteiger partial charge in [-0.05, 0) is 26.0 Å². The highest BCUT2D eigenvalue weighted by Crippen LogP contribution is 2.33. The maximum absolute atomic E-state index is 14.1. The number of nitrogens with zero attached hydrogens (tertiary/aromatic N) is 3. The summed E-state index contributed by atoms with van der Waals surface area (Å²) in [6.45, 7) is 2.79. The molecule has 148 valence electrons. The van der Waals surface area contributed by atoms with E-state index >= 15 is 0 Å². The molecule has 0 fully saturated rings. The largest absolute Gasteiger partial charge is 0.474 e. The molecule has 0 saturated carbocycles. The average molecular weight is 401 g/mol. The van der Waals surface area contributed by atoms with Crippen molar-refractivity contribution < 1.29 is 31.1 Å². The van der Waals surface area contributed by atoms with E-state index in [0.717, 1.165) is 12.1 Å². The van der Waals surface area contributed by atoms with Crippen LogP contribution in [0.1, 0.15) is 19.7 Å². The summed E-state index contributed by atoms with van der Waals surface area (Å²) in [4.78, 5) is 0. The molecular formula is C18H13F6N3O. The zero-order chi connectivity index (χ0) is 20.8. The Morgan fingerprint density at radius 2 is 1.46 bits per heavy atom. The Morgan fingerprint density at radius 1 is 0.857 bits per heavy atom. The van der Waals surface area contributed by atoms with Crippen LogP contribution in [0.25, 0.3) is 11.4 Å². The predicted molar refractivity (Wildman–Crippen MR) is 86.3 cm³/mol. The molecule has 0 radical (unpaired) electrons. The molecule has 1 heterocycles. The summed E-state index contributed by atoms with van der Waals surface area (Å²) in [7, 11) is 1.38. The summed E-state index contributed by atoms with van der Waals surface area (Å²) in [5, 5.41) is 7.56. The topological polar surface area (TPSA) is 39.9 Å². The van der Waals surface area contributed by atoms with Gasteiger partial charge in [0.1, 0.15) is 5.82 Å². The molecule has 1 aromatic heterocycles. The van der Waals surface area contributed by atoms with Gasteiger partial charge in [0.15, 0.2) is 52.1 Å². The van der Waals surface area contributed by atoms with E-state index in [1.165, 1.54) is 25.5 Å². The third-order valence-electron chi connectivity index (χ3n) is 4.01. The van der Waals surface area contributed by atoms with Gasteiger partial charge in [0.05, 0.1) is 5.56 Å². The molecule has 0 atom stereocenters. The Morgan fingerprint density at radius 3 is 2.07 bits per heavy atom. The summed E-state index contributed by atoms with van der Waals surface area (Å²) in [6.07, 6.45) is 0. The fourth-order valence-electron chi connectivity index (χ4n) is 2.71. The first-order valence-corrected chi connectivity index (χ1v) is 7.90. The normalized spacial score (nSPS) is 11.8. The van der Waals surface area contributed by atoms with Crippen LogP contribution in [0.5, 0.6) is 5.75 Å². The van der Waals surface area contributed by atoms with Crippen molar-refractivity contribution in [2.45, 2.75) is 19.4 Å². The van der Waals surface area contributed by atoms with Gasteiger partial charge in [-0.15, -0.1) is 10.2 Å². The highest BCUT2D eigenvalue weighted by atomic mass is 19.2. The van der Waals surface area contributed by atoms with E-state index < -0.39 is 46.3 Å². The second-order valence-electron chi connectivity index (χ2n) is 6.44. The van der Waals surface area contributed by atoms with Crippen LogP contribution in [-0.4, -0.2) is 14.8 Å². The average Bonchev–Trinajstić information content (AvgIpc) is 2.98. The summed E-state index contributed by atoms with van der Waals surface area (Å²) >= 11 is 0. The molecular weight excluding hydrogens is 388 g/mol. The van der Waals surface area contributed by atoms with Crippen LogP contribution in [0.3, 0.4) is 0 Å². The number of halogens is 6. The second kappa shape index (κ2) is 6.84. The quantitative estimate of drug-likeness (QED) is 0.473. The van der Waals surface area contributed by atoms with Crippen molar-refractivity contribution in [3.63, 3.8) is 0 Å². The van der Waals surface area contributed by atoms with Crippen molar-refractivity contribution >= 4 is 0 Å². The molecule has 3 rings (SSSR count). The van der Waals surface area contributed by atoms with Crippen molar-refractivity contribution in [1.82, 2.24) is 14.8 Å². The monoisotopic (exact) mass is 401 g/mol. The molecule has 0 unspecified atom stereocenters. The lowest BCUT2D eigenvalue weighted by atomic mass is 10.1. The SMILES string of the molecule is Cn1c(-c2ccc(F)c(F)c2F)nnc1C(C)(C)Oc1c(F)cc(F)cc1F. The van der Waals surface area contributed by atoms with Gasteiger partial charge in [-0.2, -0.15) is 0 Å². The van der Waals surface area contributed by atoms with Crippen molar-refractivity contribution in [1.29, 1.82) is 0 Å².